The Labute approximate surface area is 570 Å². The van der Waals surface area contributed by atoms with Crippen LogP contribution in [0.15, 0.2) is 287 Å². The first-order valence-electron chi connectivity index (χ1n) is 39.9. The molecule has 0 amide bonds. The van der Waals surface area contributed by atoms with Gasteiger partial charge in [0.1, 0.15) is 0 Å². The number of pyridine rings is 8. The van der Waals surface area contributed by atoms with E-state index in [4.69, 9.17) is 21.7 Å². The fraction of sp³-hybridized carbons (Fsp3) is 0.0575. The fourth-order valence-electron chi connectivity index (χ4n) is 13.8. The summed E-state index contributed by atoms with van der Waals surface area (Å²) in [5, 5.41) is 30.6. The lowest BCUT2D eigenvalue weighted by Crippen LogP contribution is -1.88. The maximum atomic E-state index is 7.57. The molecule has 0 atom stereocenters. The molecule has 0 fully saturated rings. The molecule has 8 aromatic heterocycles. The maximum Gasteiger partial charge on any atom is 0.0970 e. The van der Waals surface area contributed by atoms with E-state index >= 15 is 0 Å². The largest absolute Gasteiger partial charge is 0.264 e. The number of aryl methyl sites for hydroxylation is 5. The minimum atomic E-state index is 0.294. The second kappa shape index (κ2) is 24.4. The van der Waals surface area contributed by atoms with Crippen molar-refractivity contribution in [2.24, 2.45) is 0 Å². The van der Waals surface area contributed by atoms with Crippen molar-refractivity contribution in [1.29, 1.82) is 0 Å². The van der Waals surface area contributed by atoms with Crippen molar-refractivity contribution in [2.75, 3.05) is 0 Å². The molecule has 0 radical (unpaired) electrons. The maximum absolute atomic E-state index is 7.57. The van der Waals surface area contributed by atoms with Crippen LogP contribution >= 0.6 is 0 Å². The van der Waals surface area contributed by atoms with E-state index in [0.717, 1.165) is 109 Å². The van der Waals surface area contributed by atoms with Gasteiger partial charge in [-0.05, 0) is 181 Å². The predicted octanol–water partition coefficient (Wildman–Crippen LogP) is 23.7. The van der Waals surface area contributed by atoms with Crippen molar-refractivity contribution in [2.45, 2.75) is 34.5 Å². The first kappa shape index (κ1) is 47.6. The van der Waals surface area contributed by atoms with Crippen molar-refractivity contribution in [3.05, 3.63) is 315 Å². The molecular formula is C87H72N8. The van der Waals surface area contributed by atoms with Gasteiger partial charge in [-0.15, -0.1) is 0 Å². The number of hydrogen-bond donors (Lipinski definition) is 0. The highest BCUT2D eigenvalue weighted by molar-refractivity contribution is 6.28. The van der Waals surface area contributed by atoms with Crippen LogP contribution in [-0.2, 0) is 0 Å². The summed E-state index contributed by atoms with van der Waals surface area (Å²) in [7, 11) is 0. The van der Waals surface area contributed by atoms with Gasteiger partial charge < -0.3 is 0 Å². The molecule has 8 heteroatoms. The van der Waals surface area contributed by atoms with Gasteiger partial charge in [0.15, 0.2) is 0 Å². The van der Waals surface area contributed by atoms with Gasteiger partial charge in [0.2, 0.25) is 0 Å². The Balaban J connectivity index is 0.000000132. The summed E-state index contributed by atoms with van der Waals surface area (Å²) in [6, 6.07) is 72.6. The third-order valence-corrected chi connectivity index (χ3v) is 18.0. The highest BCUT2D eigenvalue weighted by atomic mass is 14.7. The quantitative estimate of drug-likeness (QED) is 0.138. The first-order valence-corrected chi connectivity index (χ1v) is 31.3. The molecule has 0 saturated heterocycles. The zero-order valence-electron chi connectivity index (χ0n) is 66.7. The number of hydrogen-bond acceptors (Lipinski definition) is 8. The molecule has 0 aliphatic rings. The topological polar surface area (TPSA) is 103 Å². The van der Waals surface area contributed by atoms with Crippen molar-refractivity contribution in [1.82, 2.24) is 39.9 Å². The lowest BCUT2D eigenvalue weighted by Gasteiger charge is -2.10. The van der Waals surface area contributed by atoms with Crippen LogP contribution in [0.3, 0.4) is 0 Å². The zero-order valence-corrected chi connectivity index (χ0v) is 51.7. The molecule has 20 aromatic rings. The molecule has 0 saturated carbocycles. The van der Waals surface area contributed by atoms with Crippen LogP contribution < -0.4 is 0 Å². The van der Waals surface area contributed by atoms with E-state index in [-0.39, 0.29) is 0 Å². The second-order valence-electron chi connectivity index (χ2n) is 23.8. The van der Waals surface area contributed by atoms with Crippen LogP contribution in [-0.4, -0.2) is 39.9 Å². The van der Waals surface area contributed by atoms with Gasteiger partial charge in [-0.2, -0.15) is 0 Å². The van der Waals surface area contributed by atoms with E-state index in [0.29, 0.717) is 34.5 Å². The Bertz CT molecular complexity index is 5510. The molecule has 0 N–H and O–H groups in total. The standard InChI is InChI=1S/2C18H13N.3C17H12N2.5H2/c1-12-8-9-15-13-5-2-3-6-14(13)16-7-4-10-19-18(16)17(15)11-12;1-12-6-7-15-13-4-2-3-5-14(13)16-8-9-19-11-18(16)17(15)10-12;1-11-6-7-12-13-4-2-8-18-16(13)17-14(15(12)10-11)5-3-9-19-17;1-11-2-3-12-13-4-6-18-9-16(13)17-10-19-7-5-14(17)15(12)8-11;1-11-4-5-12-13-6-8-18-10-16(13)17-14(15(12)9-11)3-2-7-19-17;;;;;/h2*2-11H,1H3;3*2-10H,1H3;5*1H/i5*1D;5*1+1D. The average molecular weight is 1240 g/mol. The highest BCUT2D eigenvalue weighted by Crippen LogP contribution is 2.39. The van der Waals surface area contributed by atoms with Crippen LogP contribution in [0.1, 0.15) is 49.5 Å². The lowest BCUT2D eigenvalue weighted by atomic mass is 9.94. The van der Waals surface area contributed by atoms with Crippen molar-refractivity contribution < 1.29 is 21.7 Å². The summed E-state index contributed by atoms with van der Waals surface area (Å²) in [6.07, 6.45) is 22.2. The summed E-state index contributed by atoms with van der Waals surface area (Å²) in [4.78, 5) is 35.1. The van der Waals surface area contributed by atoms with E-state index in [2.05, 4.69) is 179 Å². The molecule has 0 unspecified atom stereocenters. The molecule has 0 aliphatic carbocycles. The van der Waals surface area contributed by atoms with Gasteiger partial charge in [0.05, 0.1) is 22.1 Å². The van der Waals surface area contributed by atoms with E-state index in [1.165, 1.54) is 80.8 Å². The van der Waals surface area contributed by atoms with Crippen LogP contribution in [0.4, 0.5) is 0 Å². The lowest BCUT2D eigenvalue weighted by molar-refractivity contribution is 1.35. The van der Waals surface area contributed by atoms with Gasteiger partial charge in [-0.1, -0.05) is 186 Å². The number of fused-ring (bicyclic) bond motifs is 30. The van der Waals surface area contributed by atoms with Gasteiger partial charge in [0.25, 0.3) is 0 Å². The summed E-state index contributed by atoms with van der Waals surface area (Å²) >= 11 is 0. The summed E-state index contributed by atoms with van der Waals surface area (Å²) in [5.41, 5.74) is 9.01. The van der Waals surface area contributed by atoms with Crippen LogP contribution in [0.2, 0.25) is 0 Å². The van der Waals surface area contributed by atoms with E-state index in [9.17, 15) is 0 Å². The van der Waals surface area contributed by atoms with Gasteiger partial charge >= 0.3 is 0 Å². The van der Waals surface area contributed by atoms with E-state index in [1.807, 2.05) is 135 Å². The van der Waals surface area contributed by atoms with Crippen LogP contribution in [0, 0.1) is 34.5 Å². The zero-order chi connectivity index (χ0) is 77.6. The SMILES string of the molecule is [2H]Cc1ccc2c(c1)c1cccnc1c1cnccc21.[2H]Cc1ccc2c(c1)c1cccnc1c1ncccc21.[2H]Cc1ccc2c3ccccc3c3cccnc3c2c1.[2H]Cc1ccc2c3ccccc3c3ccncc3c2c1.[2H]Cc1ccc2c3ccncc3c3cnccc3c2c1.[2H][2H].[2H][2H].[2H][2H].[2H][2H].[2H][2H]. The molecular weight excluding hydrogens is 1160 g/mol. The van der Waals surface area contributed by atoms with Crippen LogP contribution in [0.5, 0.6) is 0 Å². The van der Waals surface area contributed by atoms with Gasteiger partial charge in [-0.3, -0.25) is 39.9 Å². The van der Waals surface area contributed by atoms with Crippen molar-refractivity contribution in [3.8, 4) is 0 Å². The first-order chi connectivity index (χ1) is 54.4. The molecule has 20 rings (SSSR count). The molecule has 0 bridgehead atoms. The second-order valence-corrected chi connectivity index (χ2v) is 23.8. The molecule has 8 heterocycles. The van der Waals surface area contributed by atoms with Gasteiger partial charge in [0, 0.05) is 145 Å². The van der Waals surface area contributed by atoms with Gasteiger partial charge in [-0.25, -0.2) is 0 Å². The molecule has 95 heavy (non-hydrogen) atoms. The monoisotopic (exact) mass is 1240 g/mol. The third-order valence-electron chi connectivity index (χ3n) is 18.0. The van der Waals surface area contributed by atoms with Crippen molar-refractivity contribution >= 4 is 162 Å². The number of aromatic nitrogens is 8. The molecule has 0 spiro atoms. The highest BCUT2D eigenvalue weighted by Gasteiger charge is 2.14. The molecule has 12 aromatic carbocycles. The predicted molar refractivity (Wildman–Crippen MR) is 411 cm³/mol. The summed E-state index contributed by atoms with van der Waals surface area (Å²) < 4.78 is 87.8. The third kappa shape index (κ3) is 10.5. The summed E-state index contributed by atoms with van der Waals surface area (Å²) in [6.45, 7) is 1.51. The average Bonchev–Trinajstić information content (AvgIpc) is 0.778. The molecule has 460 valence electrons. The van der Waals surface area contributed by atoms with Crippen molar-refractivity contribution in [3.63, 3.8) is 0 Å². The fourth-order valence-corrected chi connectivity index (χ4v) is 13.8. The number of rotatable bonds is 0. The Hall–Kier alpha value is -12.3. The van der Waals surface area contributed by atoms with E-state index in [1.54, 1.807) is 12.4 Å². The minimum Gasteiger partial charge on any atom is -0.264 e. The normalized spacial score (nSPS) is 12.5. The minimum absolute atomic E-state index is 0.294. The Kier molecular flexibility index (Phi) is 12.2. The summed E-state index contributed by atoms with van der Waals surface area (Å²) in [5.74, 6) is 0. The smallest absolute Gasteiger partial charge is 0.0970 e. The number of benzene rings is 12. The molecule has 0 aliphatic heterocycles. The van der Waals surface area contributed by atoms with Crippen LogP contribution in [0.25, 0.3) is 162 Å². The Morgan fingerprint density at radius 2 is 0.432 bits per heavy atom. The Morgan fingerprint density at radius 3 is 0.842 bits per heavy atom. The van der Waals surface area contributed by atoms with E-state index < -0.39 is 0 Å². The number of nitrogens with zero attached hydrogens (tertiary/aromatic N) is 8. The molecule has 8 nitrogen and oxygen atoms in total. The Morgan fingerprint density at radius 1 is 0.200 bits per heavy atom.